The van der Waals surface area contributed by atoms with Gasteiger partial charge in [-0.1, -0.05) is 228 Å². The van der Waals surface area contributed by atoms with Crippen molar-refractivity contribution >= 4 is 167 Å². The van der Waals surface area contributed by atoms with Crippen molar-refractivity contribution in [3.8, 4) is 73.3 Å². The lowest BCUT2D eigenvalue weighted by atomic mass is 9.62. The zero-order chi connectivity index (χ0) is 89.1. The SMILES string of the molecule is COc1cc(/C=C2\SC(=S)NC2=O)cc(-c2cc3c(cc2C)C(C)(C)CCC3(C)C)c1OC.COc1ccc(/C=C2\SC(=S)NC2=O)cc1-c1cc2c(cc1C)N(C(C)C)CCC2.COc1ccc(/C=C2\SC(=S)NC2=O)cc1-c1ccc2c(c1)C(C)(C)CCC2(C)C.Cc1cc2c(cc1-c1cc(/C=C3\SC(=S)NC3=O)ccc1O)C(C)(C)CCC2(C)C. The van der Waals surface area contributed by atoms with Crippen LogP contribution in [0.15, 0.2) is 141 Å². The lowest BCUT2D eigenvalue weighted by Gasteiger charge is -2.42. The van der Waals surface area contributed by atoms with Crippen LogP contribution in [0.4, 0.5) is 5.69 Å². The number of aryl methyl sites for hydroxylation is 4. The fourth-order valence-corrected chi connectivity index (χ4v) is 22.0. The van der Waals surface area contributed by atoms with Crippen LogP contribution < -0.4 is 45.1 Å². The molecule has 0 radical (unpaired) electrons. The lowest BCUT2D eigenvalue weighted by molar-refractivity contribution is -0.116. The molecule has 5 heterocycles. The van der Waals surface area contributed by atoms with Crippen LogP contribution in [0, 0.1) is 20.8 Å². The van der Waals surface area contributed by atoms with Crippen LogP contribution in [0.3, 0.4) is 0 Å². The molecule has 4 amide bonds. The predicted molar refractivity (Wildman–Crippen MR) is 531 cm³/mol. The van der Waals surface area contributed by atoms with Gasteiger partial charge in [0.25, 0.3) is 23.6 Å². The Bertz CT molecular complexity index is 5810. The normalized spacial score (nSPS) is 19.8. The Hall–Kier alpha value is -8.84. The summed E-state index contributed by atoms with van der Waals surface area (Å²) in [4.78, 5) is 53.2. The summed E-state index contributed by atoms with van der Waals surface area (Å²) in [5.74, 6) is 2.59. The number of amides is 4. The maximum atomic E-state index is 12.2. The summed E-state index contributed by atoms with van der Waals surface area (Å²) in [7, 11) is 6.69. The summed E-state index contributed by atoms with van der Waals surface area (Å²) < 4.78 is 24.8. The van der Waals surface area contributed by atoms with E-state index in [1.807, 2.05) is 66.8 Å². The van der Waals surface area contributed by atoms with Crippen molar-refractivity contribution < 1.29 is 43.2 Å². The second-order valence-corrected chi connectivity index (χ2v) is 44.0. The van der Waals surface area contributed by atoms with Gasteiger partial charge in [-0.25, -0.2) is 0 Å². The number of carbonyl (C=O) groups is 4. The standard InChI is InChI=1S/C27H31NO3S2.2C25H27NO2S2.C24H26N2O2S2/c1-15-10-19-20(27(4,5)9-8-26(19,2)3)14-17(15)18-11-16(12-21(30-6)23(18)31-7)13-22-24(29)28-25(32)33-22;1-24(2)10-11-25(3,4)19-14-16(7-8-18(19)24)17-12-15(6-9-20(17)28-5)13-21-22(27)26-23(29)30-21;1-14-10-18-19(25(4,5)9-8-24(18,2)3)13-16(14)17-11-15(6-7-20(17)27)12-21-22(28)26-23(29)30-21;1-14(2)26-9-5-6-17-13-18(15(3)10-20(17)26)19-11-16(7-8-21(19)28-4)12-22-23(27)25-24(29)30-22/h10-14H,8-9H2,1-7H3,(H,28,29,32);6-9,12-14H,10-11H2,1-5H3,(H,26,27,29);6-7,10-13,27H,8-9H2,1-5H3,(H,26,28,29);7-8,10-14H,5-6,9H2,1-4H3,(H,25,27,29)/b22-13-;21-13-;21-12-;22-12-. The molecule has 0 aromatic heterocycles. The van der Waals surface area contributed by atoms with Crippen LogP contribution in [-0.2, 0) is 58.1 Å². The average molecular weight is 1800 g/mol. The average Bonchev–Trinajstić information content (AvgIpc) is 0.975. The molecule has 22 heteroatoms. The number of anilines is 1. The molecule has 8 aromatic rings. The van der Waals surface area contributed by atoms with Gasteiger partial charge in [-0.3, -0.25) is 19.2 Å². The van der Waals surface area contributed by atoms with E-state index in [4.69, 9.17) is 67.8 Å². The van der Waals surface area contributed by atoms with Gasteiger partial charge in [-0.15, -0.1) is 0 Å². The van der Waals surface area contributed by atoms with E-state index in [0.717, 1.165) is 104 Å². The van der Waals surface area contributed by atoms with Gasteiger partial charge in [-0.2, -0.15) is 0 Å². The van der Waals surface area contributed by atoms with E-state index >= 15 is 0 Å². The van der Waals surface area contributed by atoms with Crippen molar-refractivity contribution in [2.45, 2.75) is 208 Å². The molecule has 0 spiro atoms. The van der Waals surface area contributed by atoms with Crippen molar-refractivity contribution in [2.24, 2.45) is 0 Å². The van der Waals surface area contributed by atoms with E-state index in [2.05, 4.69) is 217 Å². The highest BCUT2D eigenvalue weighted by Gasteiger charge is 2.42. The number of rotatable bonds is 13. The molecule has 0 unspecified atom stereocenters. The molecular formula is C101H111N5O9S8. The van der Waals surface area contributed by atoms with Gasteiger partial charge >= 0.3 is 0 Å². The Morgan fingerprint density at radius 1 is 0.382 bits per heavy atom. The summed E-state index contributed by atoms with van der Waals surface area (Å²) in [6.07, 6.45) is 16.7. The van der Waals surface area contributed by atoms with Gasteiger partial charge in [0.15, 0.2) is 11.5 Å². The van der Waals surface area contributed by atoms with E-state index in [-0.39, 0.29) is 61.9 Å². The summed E-state index contributed by atoms with van der Waals surface area (Å²) in [5.41, 5.74) is 27.4. The van der Waals surface area contributed by atoms with E-state index in [9.17, 15) is 24.3 Å². The van der Waals surface area contributed by atoms with Crippen molar-refractivity contribution in [1.29, 1.82) is 0 Å². The van der Waals surface area contributed by atoms with Gasteiger partial charge in [-0.05, 0) is 316 Å². The van der Waals surface area contributed by atoms with Crippen LogP contribution in [0.2, 0.25) is 0 Å². The highest BCUT2D eigenvalue weighted by Crippen LogP contribution is 2.54. The molecule has 123 heavy (non-hydrogen) atoms. The van der Waals surface area contributed by atoms with Gasteiger partial charge in [0.2, 0.25) is 0 Å². The molecule has 5 N–H and O–H groups in total. The van der Waals surface area contributed by atoms with Crippen LogP contribution in [0.25, 0.3) is 68.8 Å². The summed E-state index contributed by atoms with van der Waals surface area (Å²) in [6.45, 7) is 40.0. The predicted octanol–water partition coefficient (Wildman–Crippen LogP) is 24.2. The first-order valence-corrected chi connectivity index (χ1v) is 46.6. The number of carbonyl (C=O) groups excluding carboxylic acids is 4. The Labute approximate surface area is 764 Å². The third kappa shape index (κ3) is 19.7. The first-order chi connectivity index (χ1) is 57.9. The number of hydrogen-bond acceptors (Lipinski definition) is 18. The zero-order valence-corrected chi connectivity index (χ0v) is 80.8. The van der Waals surface area contributed by atoms with Gasteiger partial charge in [0.1, 0.15) is 34.5 Å². The molecule has 8 aliphatic rings. The molecule has 0 bridgehead atoms. The minimum Gasteiger partial charge on any atom is -0.507 e. The number of nitrogens with one attached hydrogen (secondary N) is 4. The number of benzene rings is 8. The number of phenols is 1. The highest BCUT2D eigenvalue weighted by molar-refractivity contribution is 8.28. The number of thiocarbonyl (C=S) groups is 4. The van der Waals surface area contributed by atoms with Crippen LogP contribution in [0.1, 0.15) is 220 Å². The fourth-order valence-electron chi connectivity index (χ4n) is 17.9. The van der Waals surface area contributed by atoms with E-state index in [0.29, 0.717) is 54.4 Å². The second-order valence-electron chi connectivity index (χ2n) is 37.1. The number of methoxy groups -OCH3 is 4. The van der Waals surface area contributed by atoms with E-state index in [1.54, 1.807) is 34.5 Å². The Balaban J connectivity index is 0.000000141. The van der Waals surface area contributed by atoms with Crippen LogP contribution >= 0.6 is 95.9 Å². The summed E-state index contributed by atoms with van der Waals surface area (Å²) >= 11 is 25.6. The lowest BCUT2D eigenvalue weighted by Crippen LogP contribution is -2.35. The topological polar surface area (TPSA) is 177 Å². The Morgan fingerprint density at radius 3 is 1.15 bits per heavy atom. The first kappa shape index (κ1) is 91.8. The monoisotopic (exact) mass is 1790 g/mol. The minimum atomic E-state index is -0.173. The fraction of sp³-hybridized carbons (Fsp3) is 0.366. The molecule has 5 aliphatic heterocycles. The maximum Gasteiger partial charge on any atom is 0.263 e. The number of nitrogens with zero attached hydrogens (tertiary/aromatic N) is 1. The number of aromatic hydroxyl groups is 1. The molecule has 14 nitrogen and oxygen atoms in total. The van der Waals surface area contributed by atoms with E-state index in [1.165, 1.54) is 140 Å². The minimum absolute atomic E-state index is 0.0940. The molecule has 4 saturated heterocycles. The molecule has 642 valence electrons. The number of hydrogen-bond donors (Lipinski definition) is 5. The third-order valence-electron chi connectivity index (χ3n) is 25.4. The maximum absolute atomic E-state index is 12.2. The molecule has 16 rings (SSSR count). The summed E-state index contributed by atoms with van der Waals surface area (Å²) in [5, 5.41) is 21.3. The zero-order valence-electron chi connectivity index (χ0n) is 74.2. The second kappa shape index (κ2) is 36.3. The Morgan fingerprint density at radius 2 is 0.740 bits per heavy atom. The van der Waals surface area contributed by atoms with Crippen molar-refractivity contribution in [1.82, 2.24) is 21.3 Å². The summed E-state index contributed by atoms with van der Waals surface area (Å²) in [6, 6.07) is 42.7. The molecular weight excluding hydrogens is 1680 g/mol. The van der Waals surface area contributed by atoms with Crippen molar-refractivity contribution in [2.75, 3.05) is 39.9 Å². The number of fused-ring (bicyclic) bond motifs is 4. The Kier molecular flexibility index (Phi) is 27.1. The van der Waals surface area contributed by atoms with E-state index < -0.39 is 0 Å². The molecule has 0 saturated carbocycles. The van der Waals surface area contributed by atoms with Crippen molar-refractivity contribution in [3.63, 3.8) is 0 Å². The smallest absolute Gasteiger partial charge is 0.263 e. The molecule has 4 fully saturated rings. The number of phenolic OH excluding ortho intramolecular Hbond substituents is 1. The van der Waals surface area contributed by atoms with Crippen molar-refractivity contribution in [3.05, 3.63) is 219 Å². The quantitative estimate of drug-likeness (QED) is 0.0544. The number of thioether (sulfide) groups is 4. The third-order valence-corrected chi connectivity index (χ3v) is 30.0. The largest absolute Gasteiger partial charge is 0.507 e. The van der Waals surface area contributed by atoms with Gasteiger partial charge in [0.05, 0.1) is 48.1 Å². The van der Waals surface area contributed by atoms with Gasteiger partial charge < -0.3 is 50.2 Å². The van der Waals surface area contributed by atoms with Gasteiger partial charge in [0, 0.05) is 40.5 Å². The highest BCUT2D eigenvalue weighted by atomic mass is 32.2. The van der Waals surface area contributed by atoms with Crippen LogP contribution in [0.5, 0.6) is 28.7 Å². The molecule has 3 aliphatic carbocycles. The molecule has 8 aromatic carbocycles. The van der Waals surface area contributed by atoms with Crippen LogP contribution in [-0.4, -0.2) is 87.0 Å². The first-order valence-electron chi connectivity index (χ1n) is 41.7. The number of ether oxygens (including phenoxy) is 4. The molecule has 0 atom stereocenters.